The van der Waals surface area contributed by atoms with Gasteiger partial charge >= 0.3 is 5.97 Å². The first kappa shape index (κ1) is 19.5. The number of aliphatic carboxylic acids is 1. The average Bonchev–Trinajstić information content (AvgIpc) is 2.99. The van der Waals surface area contributed by atoms with Gasteiger partial charge in [0.25, 0.3) is 5.91 Å². The molecule has 0 fully saturated rings. The van der Waals surface area contributed by atoms with E-state index < -0.39 is 11.9 Å². The Morgan fingerprint density at radius 3 is 2.61 bits per heavy atom. The van der Waals surface area contributed by atoms with Gasteiger partial charge in [0.2, 0.25) is 0 Å². The number of carbonyl (C=O) groups is 2. The molecule has 0 aliphatic rings. The van der Waals surface area contributed by atoms with Gasteiger partial charge in [-0.2, -0.15) is 0 Å². The van der Waals surface area contributed by atoms with Crippen LogP contribution in [0.1, 0.15) is 27.2 Å². The van der Waals surface area contributed by atoms with Gasteiger partial charge in [-0.05, 0) is 43.5 Å². The zero-order valence-electron chi connectivity index (χ0n) is 16.2. The van der Waals surface area contributed by atoms with Crippen molar-refractivity contribution in [3.05, 3.63) is 64.8 Å². The molecule has 0 spiro atoms. The predicted octanol–water partition coefficient (Wildman–Crippen LogP) is 3.47. The predicted molar refractivity (Wildman–Crippen MR) is 108 cm³/mol. The highest BCUT2D eigenvalue weighted by atomic mass is 16.5. The van der Waals surface area contributed by atoms with Crippen LogP contribution >= 0.6 is 0 Å². The molecule has 0 saturated heterocycles. The van der Waals surface area contributed by atoms with E-state index in [0.29, 0.717) is 11.3 Å². The number of fused-ring (bicyclic) bond motifs is 1. The number of aryl methyl sites for hydroxylation is 2. The molecule has 3 rings (SSSR count). The Morgan fingerprint density at radius 2 is 1.89 bits per heavy atom. The second-order valence-electron chi connectivity index (χ2n) is 6.86. The fraction of sp³-hybridized carbons (Fsp3) is 0.273. The van der Waals surface area contributed by atoms with Crippen LogP contribution in [0.25, 0.3) is 10.9 Å². The number of methoxy groups -OCH3 is 1. The third-order valence-electron chi connectivity index (χ3n) is 5.11. The van der Waals surface area contributed by atoms with E-state index in [2.05, 4.69) is 10.3 Å². The third kappa shape index (κ3) is 3.86. The van der Waals surface area contributed by atoms with E-state index in [1.165, 1.54) is 0 Å². The Labute approximate surface area is 163 Å². The van der Waals surface area contributed by atoms with Crippen LogP contribution in [0, 0.1) is 19.8 Å². The number of amides is 1. The zero-order valence-corrected chi connectivity index (χ0v) is 16.2. The van der Waals surface area contributed by atoms with E-state index >= 15 is 0 Å². The molecule has 1 aromatic heterocycles. The molecule has 1 heterocycles. The molecule has 28 heavy (non-hydrogen) atoms. The van der Waals surface area contributed by atoms with Crippen molar-refractivity contribution >= 4 is 22.8 Å². The van der Waals surface area contributed by atoms with Crippen LogP contribution in [-0.2, 0) is 11.2 Å². The zero-order chi connectivity index (χ0) is 20.3. The molecule has 6 heteroatoms. The van der Waals surface area contributed by atoms with Gasteiger partial charge < -0.3 is 20.1 Å². The molecular formula is C22H24N2O4. The molecule has 6 nitrogen and oxygen atoms in total. The summed E-state index contributed by atoms with van der Waals surface area (Å²) in [6.45, 7) is 4.00. The maximum atomic E-state index is 12.7. The van der Waals surface area contributed by atoms with Crippen molar-refractivity contribution in [1.82, 2.24) is 10.3 Å². The fourth-order valence-corrected chi connectivity index (χ4v) is 3.37. The Bertz CT molecular complexity index is 1020. The number of carbonyl (C=O) groups excluding carboxylic acids is 1. The van der Waals surface area contributed by atoms with E-state index in [4.69, 9.17) is 4.74 Å². The van der Waals surface area contributed by atoms with Crippen molar-refractivity contribution in [2.75, 3.05) is 13.7 Å². The van der Waals surface area contributed by atoms with Gasteiger partial charge in [-0.3, -0.25) is 9.59 Å². The normalized spacial score (nSPS) is 12.0. The van der Waals surface area contributed by atoms with E-state index in [0.717, 1.165) is 27.7 Å². The van der Waals surface area contributed by atoms with Gasteiger partial charge in [-0.1, -0.05) is 30.3 Å². The SMILES string of the molecule is COc1ccccc1CC(CNC(=O)c1cccc2c(C)c(C)[nH]c12)C(=O)O. The van der Waals surface area contributed by atoms with Crippen molar-refractivity contribution in [2.45, 2.75) is 20.3 Å². The maximum Gasteiger partial charge on any atom is 0.308 e. The lowest BCUT2D eigenvalue weighted by Gasteiger charge is -2.15. The molecule has 0 aliphatic heterocycles. The monoisotopic (exact) mass is 380 g/mol. The molecule has 0 saturated carbocycles. The van der Waals surface area contributed by atoms with E-state index in [-0.39, 0.29) is 18.9 Å². The van der Waals surface area contributed by atoms with Gasteiger partial charge in [0, 0.05) is 17.6 Å². The smallest absolute Gasteiger partial charge is 0.308 e. The van der Waals surface area contributed by atoms with Crippen LogP contribution in [-0.4, -0.2) is 35.6 Å². The summed E-state index contributed by atoms with van der Waals surface area (Å²) in [5.41, 5.74) is 4.19. The summed E-state index contributed by atoms with van der Waals surface area (Å²) in [6, 6.07) is 12.8. The Kier molecular flexibility index (Phi) is 5.68. The molecule has 3 aromatic rings. The first-order valence-corrected chi connectivity index (χ1v) is 9.13. The number of aromatic amines is 1. The Balaban J connectivity index is 1.76. The summed E-state index contributed by atoms with van der Waals surface area (Å²) >= 11 is 0. The molecule has 1 atom stereocenters. The lowest BCUT2D eigenvalue weighted by Crippen LogP contribution is -2.34. The second kappa shape index (κ2) is 8.17. The van der Waals surface area contributed by atoms with E-state index in [1.807, 2.05) is 44.2 Å². The molecule has 0 aliphatic carbocycles. The summed E-state index contributed by atoms with van der Waals surface area (Å²) in [6.07, 6.45) is 0.268. The summed E-state index contributed by atoms with van der Waals surface area (Å²) in [5, 5.41) is 13.4. The summed E-state index contributed by atoms with van der Waals surface area (Å²) in [7, 11) is 1.55. The molecule has 0 bridgehead atoms. The highest BCUT2D eigenvalue weighted by Gasteiger charge is 2.22. The van der Waals surface area contributed by atoms with Crippen LogP contribution in [0.2, 0.25) is 0 Å². The number of carboxylic acids is 1. The van der Waals surface area contributed by atoms with Crippen molar-refractivity contribution in [1.29, 1.82) is 0 Å². The lowest BCUT2D eigenvalue weighted by molar-refractivity contribution is -0.141. The third-order valence-corrected chi connectivity index (χ3v) is 5.11. The van der Waals surface area contributed by atoms with Crippen LogP contribution in [0.4, 0.5) is 0 Å². The number of benzene rings is 2. The number of H-pyrrole nitrogens is 1. The standard InChI is InChI=1S/C22H24N2O4/c1-13-14(2)24-20-17(13)8-6-9-18(20)21(25)23-12-16(22(26)27)11-15-7-4-5-10-19(15)28-3/h4-10,16,24H,11-12H2,1-3H3,(H,23,25)(H,26,27). The summed E-state index contributed by atoms with van der Waals surface area (Å²) in [5.74, 6) is -1.37. The van der Waals surface area contributed by atoms with Crippen LogP contribution in [0.5, 0.6) is 5.75 Å². The summed E-state index contributed by atoms with van der Waals surface area (Å²) < 4.78 is 5.30. The minimum absolute atomic E-state index is 0.0290. The topological polar surface area (TPSA) is 91.4 Å². The van der Waals surface area contributed by atoms with Gasteiger partial charge in [0.1, 0.15) is 5.75 Å². The Morgan fingerprint density at radius 1 is 1.14 bits per heavy atom. The lowest BCUT2D eigenvalue weighted by atomic mass is 9.98. The van der Waals surface area contributed by atoms with Crippen molar-refractivity contribution < 1.29 is 19.4 Å². The van der Waals surface area contributed by atoms with Gasteiger partial charge in [0.15, 0.2) is 0 Å². The van der Waals surface area contributed by atoms with E-state index in [1.54, 1.807) is 19.2 Å². The van der Waals surface area contributed by atoms with Crippen molar-refractivity contribution in [3.63, 3.8) is 0 Å². The van der Waals surface area contributed by atoms with Gasteiger partial charge in [-0.15, -0.1) is 0 Å². The number of rotatable bonds is 7. The second-order valence-corrected chi connectivity index (χ2v) is 6.86. The molecule has 146 valence electrons. The van der Waals surface area contributed by atoms with Crippen LogP contribution in [0.15, 0.2) is 42.5 Å². The highest BCUT2D eigenvalue weighted by Crippen LogP contribution is 2.24. The number of hydrogen-bond donors (Lipinski definition) is 3. The number of aromatic nitrogens is 1. The quantitative estimate of drug-likeness (QED) is 0.585. The minimum atomic E-state index is -0.962. The van der Waals surface area contributed by atoms with Gasteiger partial charge in [0.05, 0.1) is 24.1 Å². The number of ether oxygens (including phenoxy) is 1. The van der Waals surface area contributed by atoms with Crippen LogP contribution in [0.3, 0.4) is 0 Å². The first-order chi connectivity index (χ1) is 13.4. The van der Waals surface area contributed by atoms with Crippen LogP contribution < -0.4 is 10.1 Å². The number of hydrogen-bond acceptors (Lipinski definition) is 3. The molecule has 1 unspecified atom stereocenters. The van der Waals surface area contributed by atoms with Gasteiger partial charge in [-0.25, -0.2) is 0 Å². The molecule has 2 aromatic carbocycles. The maximum absolute atomic E-state index is 12.7. The molecular weight excluding hydrogens is 356 g/mol. The highest BCUT2D eigenvalue weighted by molar-refractivity contribution is 6.06. The number of nitrogens with one attached hydrogen (secondary N) is 2. The Hall–Kier alpha value is -3.28. The molecule has 0 radical (unpaired) electrons. The summed E-state index contributed by atoms with van der Waals surface area (Å²) in [4.78, 5) is 27.7. The number of para-hydroxylation sites is 2. The minimum Gasteiger partial charge on any atom is -0.496 e. The number of carboxylic acid groups (broad SMARTS) is 1. The largest absolute Gasteiger partial charge is 0.496 e. The van der Waals surface area contributed by atoms with Crippen molar-refractivity contribution in [2.24, 2.45) is 5.92 Å². The average molecular weight is 380 g/mol. The van der Waals surface area contributed by atoms with Crippen molar-refractivity contribution in [3.8, 4) is 5.75 Å². The molecule has 1 amide bonds. The first-order valence-electron chi connectivity index (χ1n) is 9.13. The molecule has 3 N–H and O–H groups in total. The van der Waals surface area contributed by atoms with E-state index in [9.17, 15) is 14.7 Å². The fourth-order valence-electron chi connectivity index (χ4n) is 3.37.